The topological polar surface area (TPSA) is 70.8 Å². The van der Waals surface area contributed by atoms with E-state index in [0.29, 0.717) is 11.5 Å². The van der Waals surface area contributed by atoms with E-state index in [1.165, 1.54) is 7.11 Å². The van der Waals surface area contributed by atoms with E-state index in [0.717, 1.165) is 11.1 Å². The fourth-order valence-electron chi connectivity index (χ4n) is 1.77. The molecule has 5 nitrogen and oxygen atoms in total. The fourth-order valence-corrected chi connectivity index (χ4v) is 1.77. The average molecular weight is 253 g/mol. The fraction of sp³-hybridized carbons (Fsp3) is 0.462. The Bertz CT molecular complexity index is 431. The standard InChI is InChI=1S/C13H19NO4/c1-8-5-11(16-2)12(17-3)6-9(8)10(14)7-13(15)18-4/h5-6,10H,7,14H2,1-4H3. The predicted molar refractivity (Wildman–Crippen MR) is 67.8 cm³/mol. The van der Waals surface area contributed by atoms with Crippen molar-refractivity contribution in [3.8, 4) is 11.5 Å². The molecule has 1 unspecified atom stereocenters. The van der Waals surface area contributed by atoms with Crippen molar-refractivity contribution >= 4 is 5.97 Å². The zero-order valence-electron chi connectivity index (χ0n) is 11.1. The third-order valence-electron chi connectivity index (χ3n) is 2.79. The second-order valence-corrected chi connectivity index (χ2v) is 3.95. The van der Waals surface area contributed by atoms with E-state index < -0.39 is 6.04 Å². The summed E-state index contributed by atoms with van der Waals surface area (Å²) in [6.45, 7) is 1.91. The molecule has 0 bridgehead atoms. The van der Waals surface area contributed by atoms with Crippen LogP contribution in [-0.2, 0) is 9.53 Å². The van der Waals surface area contributed by atoms with Gasteiger partial charge in [-0.15, -0.1) is 0 Å². The van der Waals surface area contributed by atoms with Crippen molar-refractivity contribution in [2.75, 3.05) is 21.3 Å². The lowest BCUT2D eigenvalue weighted by atomic mass is 9.98. The second kappa shape index (κ2) is 6.26. The van der Waals surface area contributed by atoms with Gasteiger partial charge in [-0.05, 0) is 30.2 Å². The SMILES string of the molecule is COC(=O)CC(N)c1cc(OC)c(OC)cc1C. The Morgan fingerprint density at radius 1 is 1.22 bits per heavy atom. The molecule has 0 saturated carbocycles. The molecule has 0 aliphatic carbocycles. The van der Waals surface area contributed by atoms with Gasteiger partial charge in [0, 0.05) is 6.04 Å². The van der Waals surface area contributed by atoms with E-state index in [1.807, 2.05) is 13.0 Å². The Labute approximate surface area is 107 Å². The molecule has 18 heavy (non-hydrogen) atoms. The Kier molecular flexibility index (Phi) is 4.97. The third-order valence-corrected chi connectivity index (χ3v) is 2.79. The number of hydrogen-bond acceptors (Lipinski definition) is 5. The maximum atomic E-state index is 11.2. The van der Waals surface area contributed by atoms with Crippen LogP contribution in [0.2, 0.25) is 0 Å². The van der Waals surface area contributed by atoms with E-state index in [9.17, 15) is 4.79 Å². The lowest BCUT2D eigenvalue weighted by Gasteiger charge is -2.17. The molecule has 0 aromatic heterocycles. The van der Waals surface area contributed by atoms with Crippen molar-refractivity contribution in [2.24, 2.45) is 5.73 Å². The van der Waals surface area contributed by atoms with Gasteiger partial charge in [-0.25, -0.2) is 0 Å². The van der Waals surface area contributed by atoms with Crippen LogP contribution < -0.4 is 15.2 Å². The summed E-state index contributed by atoms with van der Waals surface area (Å²) < 4.78 is 15.0. The van der Waals surface area contributed by atoms with E-state index in [4.69, 9.17) is 15.2 Å². The second-order valence-electron chi connectivity index (χ2n) is 3.95. The highest BCUT2D eigenvalue weighted by atomic mass is 16.5. The summed E-state index contributed by atoms with van der Waals surface area (Å²) >= 11 is 0. The molecule has 100 valence electrons. The number of nitrogens with two attached hydrogens (primary N) is 1. The van der Waals surface area contributed by atoms with E-state index in [2.05, 4.69) is 4.74 Å². The number of rotatable bonds is 5. The molecule has 1 aromatic carbocycles. The lowest BCUT2D eigenvalue weighted by molar-refractivity contribution is -0.141. The van der Waals surface area contributed by atoms with Gasteiger partial charge in [0.2, 0.25) is 0 Å². The van der Waals surface area contributed by atoms with Gasteiger partial charge in [0.25, 0.3) is 0 Å². The Morgan fingerprint density at radius 3 is 2.28 bits per heavy atom. The zero-order chi connectivity index (χ0) is 13.7. The van der Waals surface area contributed by atoms with Gasteiger partial charge in [-0.3, -0.25) is 4.79 Å². The number of carbonyl (C=O) groups excluding carboxylic acids is 1. The lowest BCUT2D eigenvalue weighted by Crippen LogP contribution is -2.17. The van der Waals surface area contributed by atoms with Crippen molar-refractivity contribution in [2.45, 2.75) is 19.4 Å². The van der Waals surface area contributed by atoms with Gasteiger partial charge in [0.15, 0.2) is 11.5 Å². The number of aryl methyl sites for hydroxylation is 1. The monoisotopic (exact) mass is 253 g/mol. The Hall–Kier alpha value is -1.75. The van der Waals surface area contributed by atoms with Crippen LogP contribution in [0.1, 0.15) is 23.6 Å². The van der Waals surface area contributed by atoms with Gasteiger partial charge < -0.3 is 19.9 Å². The molecular weight excluding hydrogens is 234 g/mol. The van der Waals surface area contributed by atoms with Crippen LogP contribution in [0.5, 0.6) is 11.5 Å². The number of esters is 1. The molecule has 0 spiro atoms. The molecule has 0 radical (unpaired) electrons. The first-order chi connectivity index (χ1) is 8.53. The Morgan fingerprint density at radius 2 is 1.78 bits per heavy atom. The van der Waals surface area contributed by atoms with Crippen LogP contribution in [-0.4, -0.2) is 27.3 Å². The summed E-state index contributed by atoms with van der Waals surface area (Å²) in [4.78, 5) is 11.2. The van der Waals surface area contributed by atoms with Crippen LogP contribution in [0.3, 0.4) is 0 Å². The van der Waals surface area contributed by atoms with Crippen molar-refractivity contribution in [3.63, 3.8) is 0 Å². The number of carbonyl (C=O) groups is 1. The minimum Gasteiger partial charge on any atom is -0.493 e. The highest BCUT2D eigenvalue weighted by Gasteiger charge is 2.17. The highest BCUT2D eigenvalue weighted by Crippen LogP contribution is 2.33. The summed E-state index contributed by atoms with van der Waals surface area (Å²) in [5.41, 5.74) is 7.78. The first kappa shape index (κ1) is 14.3. The van der Waals surface area contributed by atoms with E-state index in [1.54, 1.807) is 20.3 Å². The van der Waals surface area contributed by atoms with Crippen LogP contribution >= 0.6 is 0 Å². The maximum Gasteiger partial charge on any atom is 0.307 e. The minimum absolute atomic E-state index is 0.132. The van der Waals surface area contributed by atoms with Gasteiger partial charge >= 0.3 is 5.97 Å². The van der Waals surface area contributed by atoms with E-state index >= 15 is 0 Å². The van der Waals surface area contributed by atoms with E-state index in [-0.39, 0.29) is 12.4 Å². The smallest absolute Gasteiger partial charge is 0.307 e. The van der Waals surface area contributed by atoms with Crippen molar-refractivity contribution in [1.29, 1.82) is 0 Å². The third kappa shape index (κ3) is 3.13. The number of ether oxygens (including phenoxy) is 3. The quantitative estimate of drug-likeness (QED) is 0.807. The van der Waals surface area contributed by atoms with Gasteiger partial charge in [0.1, 0.15) is 0 Å². The molecule has 5 heteroatoms. The normalized spacial score (nSPS) is 11.8. The van der Waals surface area contributed by atoms with Crippen LogP contribution in [0, 0.1) is 6.92 Å². The molecule has 2 N–H and O–H groups in total. The van der Waals surface area contributed by atoms with Gasteiger partial charge in [-0.2, -0.15) is 0 Å². The molecule has 1 rings (SSSR count). The largest absolute Gasteiger partial charge is 0.493 e. The summed E-state index contributed by atoms with van der Waals surface area (Å²) in [5, 5.41) is 0. The number of benzene rings is 1. The molecule has 0 aliphatic heterocycles. The molecule has 1 aromatic rings. The molecule has 0 aliphatic rings. The molecule has 0 saturated heterocycles. The van der Waals surface area contributed by atoms with Crippen molar-refractivity contribution in [1.82, 2.24) is 0 Å². The maximum absolute atomic E-state index is 11.2. The zero-order valence-corrected chi connectivity index (χ0v) is 11.1. The highest BCUT2D eigenvalue weighted by molar-refractivity contribution is 5.70. The molecule has 1 atom stereocenters. The summed E-state index contributed by atoms with van der Waals surface area (Å²) in [6, 6.07) is 3.21. The molecule has 0 heterocycles. The van der Waals surface area contributed by atoms with Crippen LogP contribution in [0.25, 0.3) is 0 Å². The summed E-state index contributed by atoms with van der Waals surface area (Å²) in [6.07, 6.45) is 0.132. The van der Waals surface area contributed by atoms with Gasteiger partial charge in [-0.1, -0.05) is 0 Å². The average Bonchev–Trinajstić information content (AvgIpc) is 2.37. The first-order valence-corrected chi connectivity index (χ1v) is 5.58. The number of methoxy groups -OCH3 is 3. The summed E-state index contributed by atoms with van der Waals surface area (Å²) in [7, 11) is 4.48. The van der Waals surface area contributed by atoms with Crippen molar-refractivity contribution < 1.29 is 19.0 Å². The predicted octanol–water partition coefficient (Wildman–Crippen LogP) is 1.58. The Balaban J connectivity index is 3.05. The molecule has 0 fully saturated rings. The van der Waals surface area contributed by atoms with Crippen molar-refractivity contribution in [3.05, 3.63) is 23.3 Å². The molecular formula is C13H19NO4. The van der Waals surface area contributed by atoms with Gasteiger partial charge in [0.05, 0.1) is 27.8 Å². The minimum atomic E-state index is -0.419. The van der Waals surface area contributed by atoms with Crippen LogP contribution in [0.4, 0.5) is 0 Å². The first-order valence-electron chi connectivity index (χ1n) is 5.58. The van der Waals surface area contributed by atoms with Crippen LogP contribution in [0.15, 0.2) is 12.1 Å². The molecule has 0 amide bonds. The number of hydrogen-bond donors (Lipinski definition) is 1. The summed E-state index contributed by atoms with van der Waals surface area (Å²) in [5.74, 6) is 0.902.